The number of alkyl halides is 16. The normalized spacial score (nSPS) is 26.7. The fourth-order valence-corrected chi connectivity index (χ4v) is 4.17. The molecule has 3 unspecified atom stereocenters. The minimum atomic E-state index is -8.06. The predicted molar refractivity (Wildman–Crippen MR) is 80.3 cm³/mol. The summed E-state index contributed by atoms with van der Waals surface area (Å²) in [7, 11) is 0. The van der Waals surface area contributed by atoms with Gasteiger partial charge in [0.1, 0.15) is 11.2 Å². The molecule has 0 radical (unpaired) electrons. The molecule has 0 spiro atoms. The van der Waals surface area contributed by atoms with Crippen LogP contribution in [0.5, 0.6) is 0 Å². The minimum absolute atomic E-state index is 0.550. The molecule has 0 aromatic heterocycles. The second-order valence-electron chi connectivity index (χ2n) is 8.28. The van der Waals surface area contributed by atoms with Gasteiger partial charge in [-0.1, -0.05) is 6.58 Å². The van der Waals surface area contributed by atoms with Crippen molar-refractivity contribution in [2.75, 3.05) is 0 Å². The molecule has 2 nitrogen and oxygen atoms in total. The molecule has 3 atom stereocenters. The van der Waals surface area contributed by atoms with Crippen LogP contribution in [0.1, 0.15) is 25.7 Å². The fourth-order valence-electron chi connectivity index (χ4n) is 4.17. The third-order valence-corrected chi connectivity index (χ3v) is 6.09. The highest BCUT2D eigenvalue weighted by Crippen LogP contribution is 2.66. The van der Waals surface area contributed by atoms with Gasteiger partial charge in [-0.25, -0.2) is 4.79 Å². The zero-order valence-electron chi connectivity index (χ0n) is 16.6. The number of rotatable bonds is 7. The highest BCUT2D eigenvalue weighted by molar-refractivity contribution is 5.89. The van der Waals surface area contributed by atoms with E-state index in [1.54, 1.807) is 0 Å². The number of hydrogen-bond acceptors (Lipinski definition) is 2. The van der Waals surface area contributed by atoms with Gasteiger partial charge in [0, 0.05) is 5.92 Å². The number of carbonyl (C=O) groups excluding carboxylic acids is 1. The number of halogens is 16. The van der Waals surface area contributed by atoms with E-state index in [0.717, 1.165) is 0 Å². The second-order valence-corrected chi connectivity index (χ2v) is 8.28. The van der Waals surface area contributed by atoms with Crippen LogP contribution >= 0.6 is 0 Å². The Bertz CT molecular complexity index is 870. The lowest BCUT2D eigenvalue weighted by Gasteiger charge is -2.43. The van der Waals surface area contributed by atoms with Gasteiger partial charge in [-0.3, -0.25) is 0 Å². The quantitative estimate of drug-likeness (QED) is 0.194. The Balaban J connectivity index is 2.40. The average molecular weight is 552 g/mol. The number of carbonyl (C=O) groups is 1. The van der Waals surface area contributed by atoms with Crippen molar-refractivity contribution in [2.24, 2.45) is 11.8 Å². The summed E-state index contributed by atoms with van der Waals surface area (Å²) in [6.45, 7) is 2.34. The third kappa shape index (κ3) is 4.11. The summed E-state index contributed by atoms with van der Waals surface area (Å²) in [6, 6.07) is 0. The Labute approximate surface area is 184 Å². The van der Waals surface area contributed by atoms with Gasteiger partial charge in [0.2, 0.25) is 0 Å². The SMILES string of the molecule is C=C(C(=O)OC12CCC(C1)C(C(F)(F)C(F)(F)C(F)(F)C(F)(F)C(F)(F)C(F)(F)F)C2)C(F)(F)F. The zero-order chi connectivity index (χ0) is 27.8. The number of hydrogen-bond donors (Lipinski definition) is 0. The maximum atomic E-state index is 14.5. The summed E-state index contributed by atoms with van der Waals surface area (Å²) in [4.78, 5) is 11.6. The van der Waals surface area contributed by atoms with E-state index < -0.39 is 96.6 Å². The van der Waals surface area contributed by atoms with E-state index in [1.165, 1.54) is 0 Å². The van der Waals surface area contributed by atoms with Crippen molar-refractivity contribution >= 4 is 5.97 Å². The number of ether oxygens (including phenoxy) is 1. The molecule has 2 aliphatic rings. The molecule has 0 N–H and O–H groups in total. The highest BCUT2D eigenvalue weighted by Gasteiger charge is 2.91. The van der Waals surface area contributed by atoms with E-state index in [1.807, 2.05) is 0 Å². The monoisotopic (exact) mass is 552 g/mol. The first-order valence-corrected chi connectivity index (χ1v) is 9.15. The van der Waals surface area contributed by atoms with Crippen LogP contribution in [0.3, 0.4) is 0 Å². The van der Waals surface area contributed by atoms with Crippen LogP contribution in [-0.4, -0.2) is 53.5 Å². The molecule has 0 aliphatic heterocycles. The van der Waals surface area contributed by atoms with E-state index in [-0.39, 0.29) is 0 Å². The van der Waals surface area contributed by atoms with Crippen molar-refractivity contribution in [3.05, 3.63) is 12.2 Å². The minimum Gasteiger partial charge on any atom is -0.455 e. The van der Waals surface area contributed by atoms with Crippen molar-refractivity contribution in [1.82, 2.24) is 0 Å². The first-order chi connectivity index (χ1) is 15.2. The Morgan fingerprint density at radius 2 is 1.17 bits per heavy atom. The van der Waals surface area contributed by atoms with Crippen molar-refractivity contribution in [1.29, 1.82) is 0 Å². The van der Waals surface area contributed by atoms with Gasteiger partial charge in [0.05, 0.1) is 0 Å². The highest BCUT2D eigenvalue weighted by atomic mass is 19.4. The van der Waals surface area contributed by atoms with Crippen molar-refractivity contribution in [2.45, 2.75) is 73.2 Å². The molecular weight excluding hydrogens is 540 g/mol. The zero-order valence-corrected chi connectivity index (χ0v) is 16.6. The summed E-state index contributed by atoms with van der Waals surface area (Å²) in [6.07, 6.45) is -16.7. The summed E-state index contributed by atoms with van der Waals surface area (Å²) >= 11 is 0. The molecule has 2 rings (SSSR count). The lowest BCUT2D eigenvalue weighted by molar-refractivity contribution is -0.444. The maximum absolute atomic E-state index is 14.5. The van der Waals surface area contributed by atoms with Crippen LogP contribution in [0.4, 0.5) is 70.2 Å². The standard InChI is InChI=1S/C17H12F16O2/c1-6(12(20,21)22)9(34)35-10-3-2-7(4-10)8(5-10)11(18,19)13(23,24)14(25,26)15(27,28)16(29,30)17(31,32)33/h7-8H,1-5H2. The topological polar surface area (TPSA) is 26.3 Å². The smallest absolute Gasteiger partial charge is 0.455 e. The van der Waals surface area contributed by atoms with E-state index in [9.17, 15) is 75.0 Å². The van der Waals surface area contributed by atoms with Gasteiger partial charge in [-0.2, -0.15) is 70.2 Å². The first-order valence-electron chi connectivity index (χ1n) is 9.15. The molecule has 2 aliphatic carbocycles. The summed E-state index contributed by atoms with van der Waals surface area (Å²) in [5, 5.41) is 0. The van der Waals surface area contributed by atoms with Gasteiger partial charge in [-0.15, -0.1) is 0 Å². The van der Waals surface area contributed by atoms with Crippen LogP contribution < -0.4 is 0 Å². The van der Waals surface area contributed by atoms with Crippen molar-refractivity contribution < 1.29 is 79.8 Å². The summed E-state index contributed by atoms with van der Waals surface area (Å²) in [5.74, 6) is -45.1. The first kappa shape index (κ1) is 29.3. The van der Waals surface area contributed by atoms with E-state index in [2.05, 4.69) is 11.3 Å². The number of fused-ring (bicyclic) bond motifs is 2. The Kier molecular flexibility index (Phi) is 6.53. The molecule has 18 heteroatoms. The van der Waals surface area contributed by atoms with Gasteiger partial charge in [0.15, 0.2) is 0 Å². The molecule has 0 aromatic rings. The van der Waals surface area contributed by atoms with E-state index >= 15 is 0 Å². The van der Waals surface area contributed by atoms with E-state index in [4.69, 9.17) is 0 Å². The van der Waals surface area contributed by atoms with Gasteiger partial charge >= 0.3 is 47.9 Å². The molecule has 0 aromatic carbocycles. The Morgan fingerprint density at radius 1 is 0.714 bits per heavy atom. The molecule has 2 saturated carbocycles. The van der Waals surface area contributed by atoms with Crippen molar-refractivity contribution in [3.63, 3.8) is 0 Å². The Hall–Kier alpha value is -1.91. The average Bonchev–Trinajstić information content (AvgIpc) is 3.23. The lowest BCUT2D eigenvalue weighted by Crippen LogP contribution is -2.71. The summed E-state index contributed by atoms with van der Waals surface area (Å²) in [5.41, 5.74) is -4.54. The van der Waals surface area contributed by atoms with Crippen LogP contribution in [0, 0.1) is 11.8 Å². The van der Waals surface area contributed by atoms with E-state index in [0.29, 0.717) is 0 Å². The van der Waals surface area contributed by atoms with Crippen LogP contribution in [0.25, 0.3) is 0 Å². The predicted octanol–water partition coefficient (Wildman–Crippen LogP) is 6.95. The molecule has 0 heterocycles. The van der Waals surface area contributed by atoms with Crippen molar-refractivity contribution in [3.8, 4) is 0 Å². The largest absolute Gasteiger partial charge is 0.460 e. The van der Waals surface area contributed by atoms with Gasteiger partial charge < -0.3 is 4.74 Å². The van der Waals surface area contributed by atoms with Gasteiger partial charge in [-0.05, 0) is 31.6 Å². The van der Waals surface area contributed by atoms with Crippen LogP contribution in [-0.2, 0) is 9.53 Å². The molecule has 0 saturated heterocycles. The molecule has 2 fully saturated rings. The van der Waals surface area contributed by atoms with Crippen LogP contribution in [0.2, 0.25) is 0 Å². The molecular formula is C17H12F16O2. The molecule has 2 bridgehead atoms. The van der Waals surface area contributed by atoms with Crippen LogP contribution in [0.15, 0.2) is 12.2 Å². The molecule has 0 amide bonds. The maximum Gasteiger partial charge on any atom is 0.460 e. The lowest BCUT2D eigenvalue weighted by atomic mass is 9.78. The second kappa shape index (κ2) is 7.79. The molecule has 204 valence electrons. The Morgan fingerprint density at radius 3 is 1.60 bits per heavy atom. The van der Waals surface area contributed by atoms with Gasteiger partial charge in [0.25, 0.3) is 0 Å². The molecule has 35 heavy (non-hydrogen) atoms. The number of esters is 1. The summed E-state index contributed by atoms with van der Waals surface area (Å²) < 4.78 is 216. The third-order valence-electron chi connectivity index (χ3n) is 6.09. The fraction of sp³-hybridized carbons (Fsp3) is 0.824.